The summed E-state index contributed by atoms with van der Waals surface area (Å²) in [4.78, 5) is 19.8. The van der Waals surface area contributed by atoms with Crippen LogP contribution in [0.3, 0.4) is 0 Å². The molecule has 3 aliphatic rings. The first kappa shape index (κ1) is 17.2. The van der Waals surface area contributed by atoms with E-state index in [4.69, 9.17) is 0 Å². The molecule has 3 heterocycles. The predicted molar refractivity (Wildman–Crippen MR) is 94.3 cm³/mol. The summed E-state index contributed by atoms with van der Waals surface area (Å²) < 4.78 is 0. The Bertz CT molecular complexity index is 409. The summed E-state index contributed by atoms with van der Waals surface area (Å²) in [6, 6.07) is 1.20. The van der Waals surface area contributed by atoms with E-state index in [0.717, 1.165) is 44.4 Å². The van der Waals surface area contributed by atoms with E-state index < -0.39 is 0 Å². The topological polar surface area (TPSA) is 26.8 Å². The summed E-state index contributed by atoms with van der Waals surface area (Å²) in [5.74, 6) is 2.40. The van der Waals surface area contributed by atoms with Gasteiger partial charge >= 0.3 is 0 Å². The highest BCUT2D eigenvalue weighted by Gasteiger charge is 2.40. The Morgan fingerprint density at radius 3 is 2.09 bits per heavy atom. The van der Waals surface area contributed by atoms with Crippen molar-refractivity contribution in [3.8, 4) is 0 Å². The molecule has 4 heteroatoms. The van der Waals surface area contributed by atoms with Gasteiger partial charge in [-0.25, -0.2) is 0 Å². The van der Waals surface area contributed by atoms with Crippen LogP contribution in [-0.4, -0.2) is 72.0 Å². The SMILES string of the molecule is CC(C)C1CCN(C2CN(C(=O)[C@@H]3CCN(C(C)C)C3)C2)CC1. The summed E-state index contributed by atoms with van der Waals surface area (Å²) in [5.41, 5.74) is 0. The first-order valence-corrected chi connectivity index (χ1v) is 9.72. The van der Waals surface area contributed by atoms with Crippen molar-refractivity contribution in [3.63, 3.8) is 0 Å². The minimum atomic E-state index is 0.255. The molecule has 23 heavy (non-hydrogen) atoms. The summed E-state index contributed by atoms with van der Waals surface area (Å²) in [6.45, 7) is 15.7. The number of hydrogen-bond acceptors (Lipinski definition) is 3. The lowest BCUT2D eigenvalue weighted by Gasteiger charge is -2.48. The first-order chi connectivity index (χ1) is 11.0. The summed E-state index contributed by atoms with van der Waals surface area (Å²) >= 11 is 0. The Hall–Kier alpha value is -0.610. The maximum absolute atomic E-state index is 12.6. The number of piperidine rings is 1. The largest absolute Gasteiger partial charge is 0.339 e. The van der Waals surface area contributed by atoms with Gasteiger partial charge in [0.15, 0.2) is 0 Å². The fourth-order valence-electron chi connectivity index (χ4n) is 4.53. The van der Waals surface area contributed by atoms with Crippen LogP contribution in [0, 0.1) is 17.8 Å². The average molecular weight is 322 g/mol. The van der Waals surface area contributed by atoms with Gasteiger partial charge in [0.05, 0.1) is 5.92 Å². The van der Waals surface area contributed by atoms with E-state index in [1.807, 2.05) is 0 Å². The fourth-order valence-corrected chi connectivity index (χ4v) is 4.53. The van der Waals surface area contributed by atoms with Gasteiger partial charge in [-0.05, 0) is 64.6 Å². The van der Waals surface area contributed by atoms with Crippen molar-refractivity contribution in [1.82, 2.24) is 14.7 Å². The van der Waals surface area contributed by atoms with Gasteiger partial charge in [0, 0.05) is 31.7 Å². The van der Waals surface area contributed by atoms with E-state index in [0.29, 0.717) is 18.0 Å². The van der Waals surface area contributed by atoms with Crippen molar-refractivity contribution in [2.75, 3.05) is 39.3 Å². The molecule has 0 saturated carbocycles. The average Bonchev–Trinajstić information content (AvgIpc) is 2.96. The lowest BCUT2D eigenvalue weighted by Crippen LogP contribution is -2.63. The normalized spacial score (nSPS) is 28.8. The molecule has 3 saturated heterocycles. The Kier molecular flexibility index (Phi) is 5.32. The number of carbonyl (C=O) groups excluding carboxylic acids is 1. The van der Waals surface area contributed by atoms with Crippen LogP contribution in [0.5, 0.6) is 0 Å². The molecule has 0 spiro atoms. The van der Waals surface area contributed by atoms with Crippen LogP contribution in [0.4, 0.5) is 0 Å². The molecule has 0 N–H and O–H groups in total. The third kappa shape index (κ3) is 3.74. The van der Waals surface area contributed by atoms with Gasteiger partial charge in [-0.1, -0.05) is 13.8 Å². The van der Waals surface area contributed by atoms with Crippen molar-refractivity contribution in [2.45, 2.75) is 59.0 Å². The van der Waals surface area contributed by atoms with Crippen molar-refractivity contribution in [2.24, 2.45) is 17.8 Å². The molecule has 0 unspecified atom stereocenters. The molecule has 0 aromatic rings. The molecule has 3 rings (SSSR count). The number of likely N-dealkylation sites (tertiary alicyclic amines) is 3. The molecule has 3 fully saturated rings. The zero-order valence-corrected chi connectivity index (χ0v) is 15.5. The highest BCUT2D eigenvalue weighted by Crippen LogP contribution is 2.29. The molecule has 3 aliphatic heterocycles. The van der Waals surface area contributed by atoms with Crippen LogP contribution in [0.25, 0.3) is 0 Å². The number of amides is 1. The number of rotatable bonds is 4. The smallest absolute Gasteiger partial charge is 0.227 e. The van der Waals surface area contributed by atoms with E-state index >= 15 is 0 Å². The van der Waals surface area contributed by atoms with Gasteiger partial charge in [0.2, 0.25) is 5.91 Å². The molecule has 132 valence electrons. The second-order valence-corrected chi connectivity index (χ2v) is 8.59. The van der Waals surface area contributed by atoms with Crippen LogP contribution in [0.2, 0.25) is 0 Å². The zero-order chi connectivity index (χ0) is 16.6. The highest BCUT2D eigenvalue weighted by molar-refractivity contribution is 5.80. The Labute approximate surface area is 142 Å². The Morgan fingerprint density at radius 1 is 0.913 bits per heavy atom. The second-order valence-electron chi connectivity index (χ2n) is 8.59. The quantitative estimate of drug-likeness (QED) is 0.795. The first-order valence-electron chi connectivity index (χ1n) is 9.72. The summed E-state index contributed by atoms with van der Waals surface area (Å²) in [5, 5.41) is 0. The van der Waals surface area contributed by atoms with Crippen LogP contribution in [0.15, 0.2) is 0 Å². The minimum absolute atomic E-state index is 0.255. The van der Waals surface area contributed by atoms with Gasteiger partial charge in [0.1, 0.15) is 0 Å². The number of carbonyl (C=O) groups is 1. The molecular formula is C19H35N3O. The summed E-state index contributed by atoms with van der Waals surface area (Å²) in [7, 11) is 0. The summed E-state index contributed by atoms with van der Waals surface area (Å²) in [6.07, 6.45) is 3.74. The number of hydrogen-bond donors (Lipinski definition) is 0. The molecule has 0 bridgehead atoms. The standard InChI is InChI=1S/C19H35N3O/c1-14(2)16-5-8-20(9-6-16)18-12-22(13-18)19(23)17-7-10-21(11-17)15(3)4/h14-18H,5-13H2,1-4H3/t17-/m1/s1. The van der Waals surface area contributed by atoms with Crippen molar-refractivity contribution in [3.05, 3.63) is 0 Å². The van der Waals surface area contributed by atoms with Gasteiger partial charge in [-0.15, -0.1) is 0 Å². The zero-order valence-electron chi connectivity index (χ0n) is 15.5. The maximum Gasteiger partial charge on any atom is 0.227 e. The number of nitrogens with zero attached hydrogens (tertiary/aromatic N) is 3. The molecule has 0 aliphatic carbocycles. The molecular weight excluding hydrogens is 286 g/mol. The predicted octanol–water partition coefficient (Wildman–Crippen LogP) is 2.30. The molecule has 0 radical (unpaired) electrons. The maximum atomic E-state index is 12.6. The van der Waals surface area contributed by atoms with E-state index in [1.165, 1.54) is 25.9 Å². The van der Waals surface area contributed by atoms with Gasteiger partial charge < -0.3 is 9.80 Å². The monoisotopic (exact) mass is 321 g/mol. The fraction of sp³-hybridized carbons (Fsp3) is 0.947. The molecule has 1 amide bonds. The van der Waals surface area contributed by atoms with E-state index in [9.17, 15) is 4.79 Å². The van der Waals surface area contributed by atoms with Crippen molar-refractivity contribution >= 4 is 5.91 Å². The Balaban J connectivity index is 1.40. The second kappa shape index (κ2) is 7.10. The Morgan fingerprint density at radius 2 is 1.57 bits per heavy atom. The van der Waals surface area contributed by atoms with E-state index in [2.05, 4.69) is 42.4 Å². The van der Waals surface area contributed by atoms with Gasteiger partial charge in [-0.3, -0.25) is 9.69 Å². The van der Waals surface area contributed by atoms with Gasteiger partial charge in [0.25, 0.3) is 0 Å². The van der Waals surface area contributed by atoms with Crippen LogP contribution < -0.4 is 0 Å². The van der Waals surface area contributed by atoms with Crippen LogP contribution in [-0.2, 0) is 4.79 Å². The lowest BCUT2D eigenvalue weighted by atomic mass is 9.85. The highest BCUT2D eigenvalue weighted by atomic mass is 16.2. The van der Waals surface area contributed by atoms with Gasteiger partial charge in [-0.2, -0.15) is 0 Å². The minimum Gasteiger partial charge on any atom is -0.339 e. The molecule has 0 aromatic carbocycles. The van der Waals surface area contributed by atoms with E-state index in [1.54, 1.807) is 0 Å². The van der Waals surface area contributed by atoms with Crippen molar-refractivity contribution < 1.29 is 4.79 Å². The molecule has 4 nitrogen and oxygen atoms in total. The third-order valence-electron chi connectivity index (χ3n) is 6.51. The molecule has 1 atom stereocenters. The van der Waals surface area contributed by atoms with Crippen molar-refractivity contribution in [1.29, 1.82) is 0 Å². The third-order valence-corrected chi connectivity index (χ3v) is 6.51. The van der Waals surface area contributed by atoms with Crippen LogP contribution >= 0.6 is 0 Å². The molecule has 0 aromatic heterocycles. The lowest BCUT2D eigenvalue weighted by molar-refractivity contribution is -0.143. The van der Waals surface area contributed by atoms with E-state index in [-0.39, 0.29) is 5.92 Å². The van der Waals surface area contributed by atoms with Crippen LogP contribution in [0.1, 0.15) is 47.0 Å².